The van der Waals surface area contributed by atoms with Crippen LogP contribution in [0.4, 0.5) is 0 Å². The molecule has 13 heavy (non-hydrogen) atoms. The average Bonchev–Trinajstić information content (AvgIpc) is 1.94. The van der Waals surface area contributed by atoms with Crippen LogP contribution < -0.4 is 5.32 Å². The minimum Gasteiger partial charge on any atom is -0.311 e. The number of rotatable bonds is 3. The van der Waals surface area contributed by atoms with Crippen LogP contribution in [0.15, 0.2) is 0 Å². The van der Waals surface area contributed by atoms with E-state index in [1.165, 1.54) is 32.1 Å². The highest BCUT2D eigenvalue weighted by atomic mass is 15.0. The molecule has 0 bridgehead atoms. The summed E-state index contributed by atoms with van der Waals surface area (Å²) >= 11 is 0. The van der Waals surface area contributed by atoms with Crippen molar-refractivity contribution in [2.24, 2.45) is 11.3 Å². The normalized spacial score (nSPS) is 32.8. The Hall–Kier alpha value is -0.0400. The van der Waals surface area contributed by atoms with Gasteiger partial charge in [0, 0.05) is 12.1 Å². The predicted octanol–water partition coefficient (Wildman–Crippen LogP) is 2.95. The van der Waals surface area contributed by atoms with Gasteiger partial charge in [-0.15, -0.1) is 0 Å². The molecule has 2 atom stereocenters. The minimum absolute atomic E-state index is 0.697. The zero-order valence-electron chi connectivity index (χ0n) is 9.27. The molecule has 2 aliphatic rings. The summed E-state index contributed by atoms with van der Waals surface area (Å²) in [6, 6.07) is 1.56. The fourth-order valence-electron chi connectivity index (χ4n) is 2.70. The quantitative estimate of drug-likeness (QED) is 0.706. The summed E-state index contributed by atoms with van der Waals surface area (Å²) in [5.74, 6) is 0.776. The zero-order valence-corrected chi connectivity index (χ0v) is 9.27. The highest BCUT2D eigenvalue weighted by molar-refractivity contribution is 5.05. The smallest absolute Gasteiger partial charge is 0.0126 e. The lowest BCUT2D eigenvalue weighted by Gasteiger charge is -2.57. The van der Waals surface area contributed by atoms with Crippen molar-refractivity contribution in [3.05, 3.63) is 0 Å². The molecule has 0 saturated heterocycles. The molecule has 2 saturated carbocycles. The van der Waals surface area contributed by atoms with Crippen LogP contribution in [0.5, 0.6) is 0 Å². The van der Waals surface area contributed by atoms with Gasteiger partial charge in [-0.1, -0.05) is 20.3 Å². The molecule has 2 aliphatic carbocycles. The van der Waals surface area contributed by atoms with Crippen LogP contribution >= 0.6 is 0 Å². The molecular weight excluding hydrogens is 158 g/mol. The van der Waals surface area contributed by atoms with E-state index in [1.54, 1.807) is 0 Å². The number of hydrogen-bond donors (Lipinski definition) is 1. The van der Waals surface area contributed by atoms with E-state index in [-0.39, 0.29) is 0 Å². The third-order valence-electron chi connectivity index (χ3n) is 4.48. The maximum atomic E-state index is 3.81. The van der Waals surface area contributed by atoms with Gasteiger partial charge in [0.1, 0.15) is 0 Å². The maximum Gasteiger partial charge on any atom is 0.0126 e. The summed E-state index contributed by atoms with van der Waals surface area (Å²) in [5, 5.41) is 3.81. The van der Waals surface area contributed by atoms with E-state index >= 15 is 0 Å². The van der Waals surface area contributed by atoms with Crippen molar-refractivity contribution in [3.63, 3.8) is 0 Å². The molecule has 0 aromatic carbocycles. The number of hydrogen-bond acceptors (Lipinski definition) is 1. The molecule has 76 valence electrons. The molecule has 1 spiro atoms. The monoisotopic (exact) mass is 181 g/mol. The molecule has 1 heteroatoms. The highest BCUT2D eigenvalue weighted by Crippen LogP contribution is 2.55. The van der Waals surface area contributed by atoms with E-state index in [1.807, 2.05) is 0 Å². The molecule has 0 heterocycles. The first kappa shape index (κ1) is 9.51. The molecule has 0 aromatic rings. The Morgan fingerprint density at radius 1 is 1.15 bits per heavy atom. The molecule has 0 radical (unpaired) electrons. The molecule has 2 fully saturated rings. The molecule has 1 nitrogen and oxygen atoms in total. The van der Waals surface area contributed by atoms with E-state index in [0.29, 0.717) is 6.04 Å². The first-order valence-corrected chi connectivity index (χ1v) is 5.90. The Morgan fingerprint density at radius 3 is 2.15 bits per heavy atom. The van der Waals surface area contributed by atoms with Crippen LogP contribution in [-0.4, -0.2) is 12.1 Å². The van der Waals surface area contributed by atoms with Crippen molar-refractivity contribution in [3.8, 4) is 0 Å². The summed E-state index contributed by atoms with van der Waals surface area (Å²) < 4.78 is 0. The van der Waals surface area contributed by atoms with E-state index in [4.69, 9.17) is 0 Å². The van der Waals surface area contributed by atoms with Gasteiger partial charge in [-0.05, 0) is 43.9 Å². The third-order valence-corrected chi connectivity index (χ3v) is 4.48. The molecular formula is C12H23N. The largest absolute Gasteiger partial charge is 0.311 e. The van der Waals surface area contributed by atoms with Gasteiger partial charge >= 0.3 is 0 Å². The molecule has 2 rings (SSSR count). The average molecular weight is 181 g/mol. The fourth-order valence-corrected chi connectivity index (χ4v) is 2.70. The maximum absolute atomic E-state index is 3.81. The van der Waals surface area contributed by atoms with E-state index < -0.39 is 0 Å². The zero-order chi connectivity index (χ0) is 9.47. The Morgan fingerprint density at radius 2 is 1.85 bits per heavy atom. The van der Waals surface area contributed by atoms with Gasteiger partial charge in [0.15, 0.2) is 0 Å². The Bertz CT molecular complexity index is 176. The van der Waals surface area contributed by atoms with Crippen molar-refractivity contribution in [2.45, 2.75) is 65.0 Å². The third kappa shape index (κ3) is 1.52. The molecule has 0 aliphatic heterocycles. The Labute approximate surface area is 82.3 Å². The van der Waals surface area contributed by atoms with E-state index in [2.05, 4.69) is 26.1 Å². The first-order valence-electron chi connectivity index (χ1n) is 5.90. The summed E-state index contributed by atoms with van der Waals surface area (Å²) in [7, 11) is 0. The van der Waals surface area contributed by atoms with Crippen molar-refractivity contribution >= 4 is 0 Å². The van der Waals surface area contributed by atoms with Gasteiger partial charge in [-0.25, -0.2) is 0 Å². The van der Waals surface area contributed by atoms with Crippen LogP contribution in [0.3, 0.4) is 0 Å². The van der Waals surface area contributed by atoms with E-state index in [9.17, 15) is 0 Å². The Kier molecular flexibility index (Phi) is 2.39. The van der Waals surface area contributed by atoms with Crippen LogP contribution in [0, 0.1) is 11.3 Å². The minimum atomic E-state index is 0.697. The van der Waals surface area contributed by atoms with Gasteiger partial charge in [0.25, 0.3) is 0 Å². The van der Waals surface area contributed by atoms with Crippen LogP contribution in [0.1, 0.15) is 52.9 Å². The van der Waals surface area contributed by atoms with Crippen molar-refractivity contribution < 1.29 is 0 Å². The lowest BCUT2D eigenvalue weighted by Crippen LogP contribution is -2.59. The van der Waals surface area contributed by atoms with E-state index in [0.717, 1.165) is 17.4 Å². The van der Waals surface area contributed by atoms with Crippen molar-refractivity contribution in [1.29, 1.82) is 0 Å². The predicted molar refractivity (Wildman–Crippen MR) is 56.7 cm³/mol. The lowest BCUT2D eigenvalue weighted by molar-refractivity contribution is -0.0241. The van der Waals surface area contributed by atoms with Crippen molar-refractivity contribution in [1.82, 2.24) is 5.32 Å². The highest BCUT2D eigenvalue weighted by Gasteiger charge is 2.50. The SMILES string of the molecule is CC(C)C(C)NC1CCC12CCC2. The van der Waals surface area contributed by atoms with Gasteiger partial charge in [0.05, 0.1) is 0 Å². The van der Waals surface area contributed by atoms with Crippen LogP contribution in [0.2, 0.25) is 0 Å². The second kappa shape index (κ2) is 3.27. The summed E-state index contributed by atoms with van der Waals surface area (Å²) in [5.41, 5.74) is 0.767. The standard InChI is InChI=1S/C12H23N/c1-9(2)10(3)13-11-5-8-12(11)6-4-7-12/h9-11,13H,4-8H2,1-3H3. The summed E-state index contributed by atoms with van der Waals surface area (Å²) in [6.45, 7) is 6.95. The van der Waals surface area contributed by atoms with Gasteiger partial charge in [-0.3, -0.25) is 0 Å². The van der Waals surface area contributed by atoms with Gasteiger partial charge in [-0.2, -0.15) is 0 Å². The van der Waals surface area contributed by atoms with Crippen LogP contribution in [0.25, 0.3) is 0 Å². The second-order valence-electron chi connectivity index (χ2n) is 5.51. The molecule has 0 amide bonds. The van der Waals surface area contributed by atoms with Crippen LogP contribution in [-0.2, 0) is 0 Å². The lowest BCUT2D eigenvalue weighted by atomic mass is 9.53. The summed E-state index contributed by atoms with van der Waals surface area (Å²) in [6.07, 6.45) is 7.39. The topological polar surface area (TPSA) is 12.0 Å². The first-order chi connectivity index (χ1) is 6.14. The van der Waals surface area contributed by atoms with Gasteiger partial charge in [0.2, 0.25) is 0 Å². The number of nitrogens with one attached hydrogen (secondary N) is 1. The van der Waals surface area contributed by atoms with Crippen molar-refractivity contribution in [2.75, 3.05) is 0 Å². The fraction of sp³-hybridized carbons (Fsp3) is 1.00. The molecule has 0 aromatic heterocycles. The Balaban J connectivity index is 1.82. The molecule has 2 unspecified atom stereocenters. The second-order valence-corrected chi connectivity index (χ2v) is 5.51. The summed E-state index contributed by atoms with van der Waals surface area (Å²) in [4.78, 5) is 0. The van der Waals surface area contributed by atoms with Gasteiger partial charge < -0.3 is 5.32 Å². The molecule has 1 N–H and O–H groups in total.